The second-order valence-electron chi connectivity index (χ2n) is 9.71. The van der Waals surface area contributed by atoms with E-state index in [0.717, 1.165) is 60.6 Å². The van der Waals surface area contributed by atoms with Gasteiger partial charge in [0.25, 0.3) is 0 Å². The van der Waals surface area contributed by atoms with Gasteiger partial charge in [-0.25, -0.2) is 0 Å². The van der Waals surface area contributed by atoms with Crippen LogP contribution in [0.1, 0.15) is 80.1 Å². The standard InChI is InChI=1S/C22H42O/c1-15(2)21-9-7-17(5)11-19(21)13-23-14-20-12-18(6)8-10-22(20)16(3)4/h15-22H,7-14H2,1-6H3/t17-,18-,19+,20+,21+,22+/m0/s1. The molecule has 1 heteroatoms. The minimum absolute atomic E-state index is 0.803. The molecule has 0 aromatic carbocycles. The molecule has 0 bridgehead atoms. The van der Waals surface area contributed by atoms with Crippen LogP contribution in [-0.4, -0.2) is 13.2 Å². The number of hydrogen-bond donors (Lipinski definition) is 0. The van der Waals surface area contributed by atoms with Crippen molar-refractivity contribution >= 4 is 0 Å². The van der Waals surface area contributed by atoms with Crippen LogP contribution in [0.5, 0.6) is 0 Å². The fraction of sp³-hybridized carbons (Fsp3) is 1.00. The van der Waals surface area contributed by atoms with Gasteiger partial charge in [0.15, 0.2) is 0 Å². The van der Waals surface area contributed by atoms with E-state index in [4.69, 9.17) is 4.74 Å². The normalized spacial score (nSPS) is 39.1. The Hall–Kier alpha value is -0.0400. The maximum atomic E-state index is 6.37. The first-order valence-electron chi connectivity index (χ1n) is 10.5. The van der Waals surface area contributed by atoms with Crippen LogP contribution in [0.25, 0.3) is 0 Å². The van der Waals surface area contributed by atoms with Crippen molar-refractivity contribution in [1.29, 1.82) is 0 Å². The summed E-state index contributed by atoms with van der Waals surface area (Å²) in [6, 6.07) is 0. The fourth-order valence-corrected chi connectivity index (χ4v) is 5.55. The SMILES string of the molecule is CC(C)[C@H]1CC[C@H](C)C[C@@H]1COC[C@H]1C[C@@H](C)CC[C@@H]1C(C)C. The predicted molar refractivity (Wildman–Crippen MR) is 100 cm³/mol. The summed E-state index contributed by atoms with van der Waals surface area (Å²) in [5, 5.41) is 0. The smallest absolute Gasteiger partial charge is 0.0497 e. The largest absolute Gasteiger partial charge is 0.381 e. The summed E-state index contributed by atoms with van der Waals surface area (Å²) in [5.74, 6) is 6.81. The summed E-state index contributed by atoms with van der Waals surface area (Å²) < 4.78 is 6.37. The van der Waals surface area contributed by atoms with Crippen LogP contribution in [-0.2, 0) is 4.74 Å². The first-order valence-corrected chi connectivity index (χ1v) is 10.5. The molecule has 23 heavy (non-hydrogen) atoms. The first-order chi connectivity index (χ1) is 10.9. The van der Waals surface area contributed by atoms with Gasteiger partial charge in [0.05, 0.1) is 0 Å². The Kier molecular flexibility index (Phi) is 7.45. The molecule has 0 aliphatic heterocycles. The van der Waals surface area contributed by atoms with Crippen molar-refractivity contribution < 1.29 is 4.74 Å². The second kappa shape index (κ2) is 8.88. The molecule has 2 aliphatic carbocycles. The monoisotopic (exact) mass is 322 g/mol. The molecule has 2 saturated carbocycles. The Morgan fingerprint density at radius 2 is 1.09 bits per heavy atom. The maximum absolute atomic E-state index is 6.37. The van der Waals surface area contributed by atoms with Crippen LogP contribution in [0.2, 0.25) is 0 Å². The Morgan fingerprint density at radius 1 is 0.696 bits per heavy atom. The summed E-state index contributed by atoms with van der Waals surface area (Å²) in [6.45, 7) is 16.5. The van der Waals surface area contributed by atoms with Crippen LogP contribution in [0.15, 0.2) is 0 Å². The molecule has 0 heterocycles. The van der Waals surface area contributed by atoms with Crippen LogP contribution < -0.4 is 0 Å². The average molecular weight is 323 g/mol. The third kappa shape index (κ3) is 5.48. The van der Waals surface area contributed by atoms with Crippen LogP contribution in [0.3, 0.4) is 0 Å². The molecule has 0 saturated heterocycles. The Morgan fingerprint density at radius 3 is 1.43 bits per heavy atom. The number of rotatable bonds is 6. The van der Waals surface area contributed by atoms with Gasteiger partial charge in [-0.15, -0.1) is 0 Å². The van der Waals surface area contributed by atoms with Gasteiger partial charge >= 0.3 is 0 Å². The van der Waals surface area contributed by atoms with Crippen LogP contribution in [0.4, 0.5) is 0 Å². The molecule has 0 aromatic heterocycles. The van der Waals surface area contributed by atoms with Gasteiger partial charge in [0.1, 0.15) is 0 Å². The molecule has 2 fully saturated rings. The van der Waals surface area contributed by atoms with E-state index in [1.54, 1.807) is 0 Å². The molecule has 0 radical (unpaired) electrons. The lowest BCUT2D eigenvalue weighted by Crippen LogP contribution is -2.34. The minimum atomic E-state index is 0.803. The van der Waals surface area contributed by atoms with E-state index in [1.165, 1.54) is 38.5 Å². The molecule has 6 atom stereocenters. The van der Waals surface area contributed by atoms with E-state index < -0.39 is 0 Å². The van der Waals surface area contributed by atoms with E-state index >= 15 is 0 Å². The van der Waals surface area contributed by atoms with Crippen molar-refractivity contribution in [2.75, 3.05) is 13.2 Å². The van der Waals surface area contributed by atoms with Gasteiger partial charge < -0.3 is 4.74 Å². The van der Waals surface area contributed by atoms with Crippen molar-refractivity contribution in [3.05, 3.63) is 0 Å². The molecule has 0 amide bonds. The summed E-state index contributed by atoms with van der Waals surface area (Å²) >= 11 is 0. The highest BCUT2D eigenvalue weighted by Crippen LogP contribution is 2.40. The van der Waals surface area contributed by atoms with Crippen molar-refractivity contribution in [1.82, 2.24) is 0 Å². The number of hydrogen-bond acceptors (Lipinski definition) is 1. The van der Waals surface area contributed by atoms with Crippen molar-refractivity contribution in [2.24, 2.45) is 47.3 Å². The van der Waals surface area contributed by atoms with Gasteiger partial charge in [0, 0.05) is 13.2 Å². The van der Waals surface area contributed by atoms with Crippen LogP contribution in [0, 0.1) is 47.3 Å². The van der Waals surface area contributed by atoms with Gasteiger partial charge in [-0.1, -0.05) is 54.4 Å². The summed E-state index contributed by atoms with van der Waals surface area (Å²) in [4.78, 5) is 0. The zero-order valence-electron chi connectivity index (χ0n) is 16.7. The molecule has 0 N–H and O–H groups in total. The molecule has 2 aliphatic rings. The summed E-state index contributed by atoms with van der Waals surface area (Å²) in [6.07, 6.45) is 8.46. The zero-order valence-corrected chi connectivity index (χ0v) is 16.7. The van der Waals surface area contributed by atoms with E-state index in [0.29, 0.717) is 0 Å². The van der Waals surface area contributed by atoms with E-state index in [2.05, 4.69) is 41.5 Å². The lowest BCUT2D eigenvalue weighted by Gasteiger charge is -2.39. The molecule has 136 valence electrons. The minimum Gasteiger partial charge on any atom is -0.381 e. The number of ether oxygens (including phenoxy) is 1. The third-order valence-corrected chi connectivity index (χ3v) is 6.98. The van der Waals surface area contributed by atoms with E-state index in [9.17, 15) is 0 Å². The third-order valence-electron chi connectivity index (χ3n) is 6.98. The molecular formula is C22H42O. The Balaban J connectivity index is 1.83. The summed E-state index contributed by atoms with van der Waals surface area (Å²) in [7, 11) is 0. The average Bonchev–Trinajstić information content (AvgIpc) is 2.46. The predicted octanol–water partition coefficient (Wildman–Crippen LogP) is 6.42. The van der Waals surface area contributed by atoms with Crippen molar-refractivity contribution in [3.63, 3.8) is 0 Å². The zero-order chi connectivity index (χ0) is 17.0. The maximum Gasteiger partial charge on any atom is 0.0497 e. The van der Waals surface area contributed by atoms with Crippen molar-refractivity contribution in [2.45, 2.75) is 80.1 Å². The lowest BCUT2D eigenvalue weighted by molar-refractivity contribution is -0.0100. The molecule has 0 spiro atoms. The van der Waals surface area contributed by atoms with Gasteiger partial charge in [-0.05, 0) is 73.0 Å². The van der Waals surface area contributed by atoms with Crippen LogP contribution >= 0.6 is 0 Å². The molecule has 0 aromatic rings. The molecular weight excluding hydrogens is 280 g/mol. The Bertz CT molecular complexity index is 303. The molecule has 0 unspecified atom stereocenters. The quantitative estimate of drug-likeness (QED) is 0.548. The topological polar surface area (TPSA) is 9.23 Å². The highest BCUT2D eigenvalue weighted by Gasteiger charge is 2.33. The van der Waals surface area contributed by atoms with Crippen molar-refractivity contribution in [3.8, 4) is 0 Å². The Labute approximate surface area is 146 Å². The highest BCUT2D eigenvalue weighted by molar-refractivity contribution is 4.82. The van der Waals surface area contributed by atoms with E-state index in [1.807, 2.05) is 0 Å². The molecule has 2 rings (SSSR count). The van der Waals surface area contributed by atoms with E-state index in [-0.39, 0.29) is 0 Å². The van der Waals surface area contributed by atoms with Gasteiger partial charge in [-0.3, -0.25) is 0 Å². The molecule has 1 nitrogen and oxygen atoms in total. The van der Waals surface area contributed by atoms with Gasteiger partial charge in [0.2, 0.25) is 0 Å². The lowest BCUT2D eigenvalue weighted by atomic mass is 9.70. The fourth-order valence-electron chi connectivity index (χ4n) is 5.55. The second-order valence-corrected chi connectivity index (χ2v) is 9.71. The highest BCUT2D eigenvalue weighted by atomic mass is 16.5. The first kappa shape index (κ1) is 19.3. The van der Waals surface area contributed by atoms with Gasteiger partial charge in [-0.2, -0.15) is 0 Å². The summed E-state index contributed by atoms with van der Waals surface area (Å²) in [5.41, 5.74) is 0.